The molecule has 2 aliphatic rings. The Kier molecular flexibility index (Phi) is 4.39. The molecule has 2 fully saturated rings. The molecule has 1 heterocycles. The predicted molar refractivity (Wildman–Crippen MR) is 75.8 cm³/mol. The second kappa shape index (κ2) is 5.70. The van der Waals surface area contributed by atoms with Crippen LogP contribution in [0.1, 0.15) is 52.9 Å². The third kappa shape index (κ3) is 4.68. The number of ether oxygens (including phenoxy) is 1. The zero-order valence-corrected chi connectivity index (χ0v) is 12.5. The molecular weight excluding hydrogens is 240 g/mol. The summed E-state index contributed by atoms with van der Waals surface area (Å²) in [6.07, 6.45) is 5.82. The minimum atomic E-state index is -0.398. The van der Waals surface area contributed by atoms with Crippen molar-refractivity contribution in [2.24, 2.45) is 17.6 Å². The molecule has 110 valence electrons. The van der Waals surface area contributed by atoms with Crippen molar-refractivity contribution in [3.05, 3.63) is 0 Å². The highest BCUT2D eigenvalue weighted by Crippen LogP contribution is 2.35. The van der Waals surface area contributed by atoms with E-state index in [1.54, 1.807) is 0 Å². The molecule has 1 amide bonds. The first-order chi connectivity index (χ1) is 8.85. The van der Waals surface area contributed by atoms with Crippen LogP contribution in [-0.2, 0) is 4.74 Å². The normalized spacial score (nSPS) is 31.2. The van der Waals surface area contributed by atoms with Gasteiger partial charge in [-0.05, 0) is 64.7 Å². The van der Waals surface area contributed by atoms with Crippen molar-refractivity contribution >= 4 is 6.09 Å². The van der Waals surface area contributed by atoms with Crippen LogP contribution in [-0.4, -0.2) is 35.7 Å². The topological polar surface area (TPSA) is 55.6 Å². The van der Waals surface area contributed by atoms with E-state index in [1.807, 2.05) is 25.7 Å². The van der Waals surface area contributed by atoms with Crippen molar-refractivity contribution in [3.63, 3.8) is 0 Å². The van der Waals surface area contributed by atoms with Crippen molar-refractivity contribution in [2.45, 2.75) is 64.5 Å². The highest BCUT2D eigenvalue weighted by molar-refractivity contribution is 5.68. The molecule has 0 bridgehead atoms. The van der Waals surface area contributed by atoms with E-state index < -0.39 is 5.60 Å². The maximum Gasteiger partial charge on any atom is 0.410 e. The SMILES string of the molecule is CC(C)(C)OC(=O)N1CCCC(CCC2CC2N)C1. The molecule has 3 atom stereocenters. The van der Waals surface area contributed by atoms with Crippen LogP contribution in [0.5, 0.6) is 0 Å². The number of carbonyl (C=O) groups is 1. The highest BCUT2D eigenvalue weighted by Gasteiger charge is 2.34. The van der Waals surface area contributed by atoms with E-state index in [0.717, 1.165) is 25.4 Å². The average Bonchev–Trinajstić information content (AvgIpc) is 3.01. The number of hydrogen-bond acceptors (Lipinski definition) is 3. The van der Waals surface area contributed by atoms with Crippen LogP contribution in [0.4, 0.5) is 4.79 Å². The Hall–Kier alpha value is -0.770. The van der Waals surface area contributed by atoms with Crippen LogP contribution in [0, 0.1) is 11.8 Å². The Bertz CT molecular complexity index is 325. The summed E-state index contributed by atoms with van der Waals surface area (Å²) in [5, 5.41) is 0. The van der Waals surface area contributed by atoms with Gasteiger partial charge in [0, 0.05) is 19.1 Å². The summed E-state index contributed by atoms with van der Waals surface area (Å²) in [6.45, 7) is 7.45. The Morgan fingerprint density at radius 3 is 2.63 bits per heavy atom. The van der Waals surface area contributed by atoms with Gasteiger partial charge in [0.15, 0.2) is 0 Å². The molecule has 0 aromatic heterocycles. The number of rotatable bonds is 3. The van der Waals surface area contributed by atoms with E-state index in [4.69, 9.17) is 10.5 Å². The van der Waals surface area contributed by atoms with Crippen LogP contribution >= 0.6 is 0 Å². The van der Waals surface area contributed by atoms with Crippen LogP contribution in [0.25, 0.3) is 0 Å². The van der Waals surface area contributed by atoms with Gasteiger partial charge in [0.25, 0.3) is 0 Å². The van der Waals surface area contributed by atoms with Gasteiger partial charge in [0.2, 0.25) is 0 Å². The van der Waals surface area contributed by atoms with Gasteiger partial charge in [-0.1, -0.05) is 0 Å². The molecule has 1 aliphatic heterocycles. The fourth-order valence-electron chi connectivity index (χ4n) is 2.85. The van der Waals surface area contributed by atoms with Crippen LogP contribution in [0.3, 0.4) is 0 Å². The number of likely N-dealkylation sites (tertiary alicyclic amines) is 1. The van der Waals surface area contributed by atoms with Gasteiger partial charge < -0.3 is 15.4 Å². The Morgan fingerprint density at radius 1 is 1.37 bits per heavy atom. The smallest absolute Gasteiger partial charge is 0.410 e. The molecule has 0 radical (unpaired) electrons. The standard InChI is InChI=1S/C15H28N2O2/c1-15(2,3)19-14(18)17-8-4-5-11(10-17)6-7-12-9-13(12)16/h11-13H,4-10,16H2,1-3H3. The van der Waals surface area contributed by atoms with Crippen molar-refractivity contribution in [3.8, 4) is 0 Å². The Morgan fingerprint density at radius 2 is 2.05 bits per heavy atom. The summed E-state index contributed by atoms with van der Waals surface area (Å²) in [7, 11) is 0. The molecule has 2 N–H and O–H groups in total. The van der Waals surface area contributed by atoms with Gasteiger partial charge in [-0.3, -0.25) is 0 Å². The maximum absolute atomic E-state index is 12.0. The fraction of sp³-hybridized carbons (Fsp3) is 0.933. The number of piperidine rings is 1. The summed E-state index contributed by atoms with van der Waals surface area (Å²) in [4.78, 5) is 13.9. The maximum atomic E-state index is 12.0. The molecule has 0 aromatic rings. The number of amides is 1. The number of nitrogens with zero attached hydrogens (tertiary/aromatic N) is 1. The molecule has 19 heavy (non-hydrogen) atoms. The molecule has 2 rings (SSSR count). The fourth-order valence-corrected chi connectivity index (χ4v) is 2.85. The molecule has 4 heteroatoms. The molecule has 0 aromatic carbocycles. The van der Waals surface area contributed by atoms with E-state index in [0.29, 0.717) is 12.0 Å². The molecule has 1 saturated carbocycles. The van der Waals surface area contributed by atoms with Crippen LogP contribution < -0.4 is 5.73 Å². The van der Waals surface area contributed by atoms with Crippen molar-refractivity contribution in [1.82, 2.24) is 4.90 Å². The molecule has 4 nitrogen and oxygen atoms in total. The summed E-state index contributed by atoms with van der Waals surface area (Å²) < 4.78 is 5.45. The summed E-state index contributed by atoms with van der Waals surface area (Å²) in [5.41, 5.74) is 5.44. The number of nitrogens with two attached hydrogens (primary N) is 1. The van der Waals surface area contributed by atoms with Crippen molar-refractivity contribution < 1.29 is 9.53 Å². The van der Waals surface area contributed by atoms with Gasteiger partial charge in [0.1, 0.15) is 5.60 Å². The van der Waals surface area contributed by atoms with Crippen molar-refractivity contribution in [2.75, 3.05) is 13.1 Å². The number of carbonyl (C=O) groups excluding carboxylic acids is 1. The van der Waals surface area contributed by atoms with E-state index >= 15 is 0 Å². The number of hydrogen-bond donors (Lipinski definition) is 1. The molecule has 0 spiro atoms. The van der Waals surface area contributed by atoms with Crippen molar-refractivity contribution in [1.29, 1.82) is 0 Å². The van der Waals surface area contributed by atoms with Gasteiger partial charge >= 0.3 is 6.09 Å². The van der Waals surface area contributed by atoms with Gasteiger partial charge in [0.05, 0.1) is 0 Å². The van der Waals surface area contributed by atoms with Gasteiger partial charge in [-0.15, -0.1) is 0 Å². The third-order valence-electron chi connectivity index (χ3n) is 4.09. The predicted octanol–water partition coefficient (Wildman–Crippen LogP) is 2.76. The average molecular weight is 268 g/mol. The first-order valence-electron chi connectivity index (χ1n) is 7.58. The lowest BCUT2D eigenvalue weighted by molar-refractivity contribution is 0.0160. The zero-order valence-electron chi connectivity index (χ0n) is 12.5. The Labute approximate surface area is 116 Å². The second-order valence-electron chi connectivity index (χ2n) is 7.17. The van der Waals surface area contributed by atoms with Crippen LogP contribution in [0.15, 0.2) is 0 Å². The monoisotopic (exact) mass is 268 g/mol. The second-order valence-corrected chi connectivity index (χ2v) is 7.17. The lowest BCUT2D eigenvalue weighted by atomic mass is 9.92. The summed E-state index contributed by atoms with van der Waals surface area (Å²) in [5.74, 6) is 1.38. The highest BCUT2D eigenvalue weighted by atomic mass is 16.6. The minimum absolute atomic E-state index is 0.152. The summed E-state index contributed by atoms with van der Waals surface area (Å²) in [6, 6.07) is 0.450. The minimum Gasteiger partial charge on any atom is -0.444 e. The lowest BCUT2D eigenvalue weighted by Gasteiger charge is -2.34. The van der Waals surface area contributed by atoms with E-state index in [2.05, 4.69) is 0 Å². The molecule has 1 saturated heterocycles. The largest absolute Gasteiger partial charge is 0.444 e. The summed E-state index contributed by atoms with van der Waals surface area (Å²) >= 11 is 0. The van der Waals surface area contributed by atoms with Crippen LogP contribution in [0.2, 0.25) is 0 Å². The zero-order chi connectivity index (χ0) is 14.0. The van der Waals surface area contributed by atoms with E-state index in [1.165, 1.54) is 25.7 Å². The Balaban J connectivity index is 1.74. The van der Waals surface area contributed by atoms with Gasteiger partial charge in [-0.25, -0.2) is 4.79 Å². The van der Waals surface area contributed by atoms with E-state index in [-0.39, 0.29) is 6.09 Å². The molecule has 3 unspecified atom stereocenters. The quantitative estimate of drug-likeness (QED) is 0.856. The molecular formula is C15H28N2O2. The lowest BCUT2D eigenvalue weighted by Crippen LogP contribution is -2.42. The first kappa shape index (κ1) is 14.6. The third-order valence-corrected chi connectivity index (χ3v) is 4.09. The van der Waals surface area contributed by atoms with Gasteiger partial charge in [-0.2, -0.15) is 0 Å². The molecule has 1 aliphatic carbocycles. The first-order valence-corrected chi connectivity index (χ1v) is 7.58. The van der Waals surface area contributed by atoms with E-state index in [9.17, 15) is 4.79 Å².